The summed E-state index contributed by atoms with van der Waals surface area (Å²) >= 11 is 0. The van der Waals surface area contributed by atoms with Crippen molar-refractivity contribution in [2.75, 3.05) is 19.7 Å². The Balaban J connectivity index is 0.00000210. The van der Waals surface area contributed by atoms with Gasteiger partial charge in [0.15, 0.2) is 0 Å². The number of hydrogen-bond acceptors (Lipinski definition) is 5. The van der Waals surface area contributed by atoms with Crippen LogP contribution >= 0.6 is 0 Å². The Morgan fingerprint density at radius 1 is 1.03 bits per heavy atom. The molecule has 7 nitrogen and oxygen atoms in total. The zero-order valence-corrected chi connectivity index (χ0v) is 21.7. The Bertz CT molecular complexity index is 826. The van der Waals surface area contributed by atoms with Gasteiger partial charge in [-0.25, -0.2) is 9.80 Å². The van der Waals surface area contributed by atoms with Crippen molar-refractivity contribution >= 4 is 17.7 Å². The van der Waals surface area contributed by atoms with Crippen LogP contribution in [-0.2, 0) is 9.53 Å². The number of ether oxygens (including phenoxy) is 1. The van der Waals surface area contributed by atoms with Crippen LogP contribution in [0.5, 0.6) is 0 Å². The van der Waals surface area contributed by atoms with Gasteiger partial charge in [0.2, 0.25) is 0 Å². The molecular weight excluding hydrogens is 442 g/mol. The number of urea groups is 1. The third-order valence-corrected chi connectivity index (χ3v) is 6.60. The molecule has 0 unspecified atom stereocenters. The average molecular weight is 486 g/mol. The highest BCUT2D eigenvalue weighted by atomic mass is 16.5. The van der Waals surface area contributed by atoms with Crippen LogP contribution in [0.15, 0.2) is 47.3 Å². The first kappa shape index (κ1) is 28.4. The van der Waals surface area contributed by atoms with Gasteiger partial charge in [0.1, 0.15) is 6.54 Å². The topological polar surface area (TPSA) is 91.2 Å². The van der Waals surface area contributed by atoms with Crippen molar-refractivity contribution in [3.63, 3.8) is 0 Å². The summed E-state index contributed by atoms with van der Waals surface area (Å²) in [7, 11) is 0. The zero-order valence-electron chi connectivity index (χ0n) is 21.7. The Kier molecular flexibility index (Phi) is 12.9. The number of hydrazone groups is 1. The molecule has 1 aromatic rings. The Hall–Kier alpha value is -2.83. The average Bonchev–Trinajstić information content (AvgIpc) is 3.44. The summed E-state index contributed by atoms with van der Waals surface area (Å²) in [5.41, 5.74) is 2.62. The summed E-state index contributed by atoms with van der Waals surface area (Å²) < 4.78 is 5.10. The summed E-state index contributed by atoms with van der Waals surface area (Å²) in [5.74, 6) is 0.0330. The lowest BCUT2D eigenvalue weighted by atomic mass is 9.83. The van der Waals surface area contributed by atoms with Crippen LogP contribution in [-0.4, -0.2) is 47.5 Å². The lowest BCUT2D eigenvalue weighted by Gasteiger charge is -2.26. The molecule has 0 saturated heterocycles. The van der Waals surface area contributed by atoms with Crippen molar-refractivity contribution in [1.82, 2.24) is 10.3 Å². The molecule has 0 bridgehead atoms. The maximum absolute atomic E-state index is 13.2. The van der Waals surface area contributed by atoms with Gasteiger partial charge in [-0.2, -0.15) is 5.10 Å². The minimum Gasteiger partial charge on any atom is -0.516 e. The van der Waals surface area contributed by atoms with Gasteiger partial charge in [0.25, 0.3) is 0 Å². The van der Waals surface area contributed by atoms with Crippen LogP contribution in [0.25, 0.3) is 0 Å². The molecule has 0 aliphatic heterocycles. The molecule has 0 atom stereocenters. The molecule has 7 heteroatoms. The second-order valence-electron chi connectivity index (χ2n) is 8.89. The molecule has 2 amide bonds. The van der Waals surface area contributed by atoms with Crippen LogP contribution in [0.3, 0.4) is 0 Å². The molecule has 2 aliphatic carbocycles. The molecule has 2 fully saturated rings. The van der Waals surface area contributed by atoms with Crippen molar-refractivity contribution in [2.45, 2.75) is 78.6 Å². The fourth-order valence-electron chi connectivity index (χ4n) is 4.83. The Morgan fingerprint density at radius 2 is 1.63 bits per heavy atom. The molecular formula is C28H43N3O4. The second kappa shape index (κ2) is 16.0. The predicted molar refractivity (Wildman–Crippen MR) is 140 cm³/mol. The van der Waals surface area contributed by atoms with Crippen LogP contribution in [0, 0.1) is 11.8 Å². The molecule has 2 aliphatic rings. The SMILES string of the molecule is CC.CCOC(=O)CN(/N=C(\c1ccccc1)C1CCCCC1)C(=O)NCC(=CO)C1CCCC1. The van der Waals surface area contributed by atoms with E-state index in [1.165, 1.54) is 11.4 Å². The van der Waals surface area contributed by atoms with E-state index in [1.54, 1.807) is 6.92 Å². The summed E-state index contributed by atoms with van der Waals surface area (Å²) in [5, 5.41) is 18.5. The molecule has 2 N–H and O–H groups in total. The van der Waals surface area contributed by atoms with Gasteiger partial charge in [-0.15, -0.1) is 0 Å². The van der Waals surface area contributed by atoms with Crippen molar-refractivity contribution in [1.29, 1.82) is 0 Å². The number of hydrogen-bond donors (Lipinski definition) is 2. The number of nitrogens with zero attached hydrogens (tertiary/aromatic N) is 2. The number of aliphatic hydroxyl groups excluding tert-OH is 1. The fourth-order valence-corrected chi connectivity index (χ4v) is 4.83. The van der Waals surface area contributed by atoms with Gasteiger partial charge in [0, 0.05) is 12.5 Å². The number of benzene rings is 1. The van der Waals surface area contributed by atoms with E-state index in [2.05, 4.69) is 5.32 Å². The molecule has 0 aromatic heterocycles. The molecule has 0 radical (unpaired) electrons. The van der Waals surface area contributed by atoms with E-state index in [-0.39, 0.29) is 25.6 Å². The zero-order chi connectivity index (χ0) is 25.5. The largest absolute Gasteiger partial charge is 0.516 e. The smallest absolute Gasteiger partial charge is 0.338 e. The number of nitrogens with one attached hydrogen (secondary N) is 1. The van der Waals surface area contributed by atoms with Crippen LogP contribution in [0.4, 0.5) is 4.79 Å². The van der Waals surface area contributed by atoms with Crippen molar-refractivity contribution in [3.8, 4) is 0 Å². The van der Waals surface area contributed by atoms with E-state index in [9.17, 15) is 14.7 Å². The standard InChI is InChI=1S/C26H37N3O4.C2H6/c1-2-33-24(31)18-29(26(32)27-17-23(19-30)20-11-9-10-12-20)28-25(21-13-5-3-6-14-21)22-15-7-4-8-16-22;1-2/h3,5-6,13-14,19-20,22,30H,2,4,7-12,15-18H2,1H3,(H,27,32);1-2H3/b23-19?,28-25+;. The molecule has 0 heterocycles. The normalized spacial score (nSPS) is 17.3. The first-order valence-electron chi connectivity index (χ1n) is 13.3. The Morgan fingerprint density at radius 3 is 2.23 bits per heavy atom. The van der Waals surface area contributed by atoms with Crippen LogP contribution < -0.4 is 5.32 Å². The van der Waals surface area contributed by atoms with E-state index in [0.717, 1.165) is 74.5 Å². The van der Waals surface area contributed by atoms with E-state index in [4.69, 9.17) is 9.84 Å². The molecule has 2 saturated carbocycles. The summed E-state index contributed by atoms with van der Waals surface area (Å²) in [4.78, 5) is 25.5. The lowest BCUT2D eigenvalue weighted by Crippen LogP contribution is -2.42. The highest BCUT2D eigenvalue weighted by molar-refractivity contribution is 6.02. The highest BCUT2D eigenvalue weighted by Gasteiger charge is 2.26. The maximum Gasteiger partial charge on any atom is 0.338 e. The Labute approximate surface area is 210 Å². The number of esters is 1. The molecule has 194 valence electrons. The quantitative estimate of drug-likeness (QED) is 0.188. The fraction of sp³-hybridized carbons (Fsp3) is 0.607. The predicted octanol–water partition coefficient (Wildman–Crippen LogP) is 6.20. The number of aliphatic hydroxyl groups is 1. The van der Waals surface area contributed by atoms with E-state index < -0.39 is 12.0 Å². The van der Waals surface area contributed by atoms with Gasteiger partial charge in [-0.05, 0) is 49.7 Å². The highest BCUT2D eigenvalue weighted by Crippen LogP contribution is 2.30. The third-order valence-electron chi connectivity index (χ3n) is 6.60. The van der Waals surface area contributed by atoms with Gasteiger partial charge in [0.05, 0.1) is 18.6 Å². The van der Waals surface area contributed by atoms with Crippen LogP contribution in [0.1, 0.15) is 84.1 Å². The summed E-state index contributed by atoms with van der Waals surface area (Å²) in [6.07, 6.45) is 10.9. The number of carbonyl (C=O) groups is 2. The maximum atomic E-state index is 13.2. The number of amides is 2. The second-order valence-corrected chi connectivity index (χ2v) is 8.89. The van der Waals surface area contributed by atoms with E-state index in [0.29, 0.717) is 5.92 Å². The van der Waals surface area contributed by atoms with E-state index in [1.807, 2.05) is 44.2 Å². The van der Waals surface area contributed by atoms with Crippen molar-refractivity contribution in [3.05, 3.63) is 47.7 Å². The summed E-state index contributed by atoms with van der Waals surface area (Å²) in [6.45, 7) is 5.96. The third kappa shape index (κ3) is 9.04. The molecule has 3 rings (SSSR count). The first-order valence-corrected chi connectivity index (χ1v) is 13.3. The minimum atomic E-state index is -0.499. The van der Waals surface area contributed by atoms with Crippen molar-refractivity contribution in [2.24, 2.45) is 16.9 Å². The van der Waals surface area contributed by atoms with Gasteiger partial charge >= 0.3 is 12.0 Å². The minimum absolute atomic E-state index is 0.235. The summed E-state index contributed by atoms with van der Waals surface area (Å²) in [6, 6.07) is 9.41. The van der Waals surface area contributed by atoms with Gasteiger partial charge < -0.3 is 15.2 Å². The van der Waals surface area contributed by atoms with Gasteiger partial charge in [-0.1, -0.05) is 76.3 Å². The number of rotatable bonds is 9. The van der Waals surface area contributed by atoms with Crippen molar-refractivity contribution < 1.29 is 19.4 Å². The first-order chi connectivity index (χ1) is 17.1. The molecule has 35 heavy (non-hydrogen) atoms. The van der Waals surface area contributed by atoms with E-state index >= 15 is 0 Å². The number of carbonyl (C=O) groups excluding carboxylic acids is 2. The monoisotopic (exact) mass is 485 g/mol. The van der Waals surface area contributed by atoms with Crippen LogP contribution in [0.2, 0.25) is 0 Å². The molecule has 0 spiro atoms. The molecule has 1 aromatic carbocycles. The lowest BCUT2D eigenvalue weighted by molar-refractivity contribution is -0.143. The van der Waals surface area contributed by atoms with Gasteiger partial charge in [-0.3, -0.25) is 4.79 Å².